The van der Waals surface area contributed by atoms with Gasteiger partial charge in [0.1, 0.15) is 5.75 Å². The topological polar surface area (TPSA) is 116 Å². The highest BCUT2D eigenvalue weighted by Gasteiger charge is 2.38. The first-order chi connectivity index (χ1) is 9.91. The Hall–Kier alpha value is -1.71. The Morgan fingerprint density at radius 3 is 2.81 bits per heavy atom. The molecule has 8 nitrogen and oxygen atoms in total. The largest absolute Gasteiger partial charge is 0.497 e. The summed E-state index contributed by atoms with van der Waals surface area (Å²) in [6.07, 6.45) is 1.37. The summed E-state index contributed by atoms with van der Waals surface area (Å²) in [7, 11) is -2.59. The second kappa shape index (κ2) is 5.96. The molecule has 1 saturated heterocycles. The molecule has 0 aliphatic carbocycles. The van der Waals surface area contributed by atoms with E-state index < -0.39 is 20.6 Å². The lowest BCUT2D eigenvalue weighted by Crippen LogP contribution is -2.40. The summed E-state index contributed by atoms with van der Waals surface area (Å²) in [6, 6.07) is 3.41. The van der Waals surface area contributed by atoms with Crippen molar-refractivity contribution < 1.29 is 18.1 Å². The van der Waals surface area contributed by atoms with Gasteiger partial charge in [0.25, 0.3) is 5.69 Å². The number of methoxy groups -OCH3 is 1. The van der Waals surface area contributed by atoms with Gasteiger partial charge in [-0.25, -0.2) is 8.42 Å². The third-order valence-electron chi connectivity index (χ3n) is 3.54. The van der Waals surface area contributed by atoms with Crippen LogP contribution in [0, 0.1) is 10.1 Å². The van der Waals surface area contributed by atoms with Gasteiger partial charge >= 0.3 is 0 Å². The summed E-state index contributed by atoms with van der Waals surface area (Å²) in [5, 5.41) is 11.1. The maximum Gasteiger partial charge on any atom is 0.293 e. The fourth-order valence-electron chi connectivity index (χ4n) is 2.47. The highest BCUT2D eigenvalue weighted by molar-refractivity contribution is 7.89. The zero-order valence-electron chi connectivity index (χ0n) is 11.6. The zero-order chi connectivity index (χ0) is 15.6. The van der Waals surface area contributed by atoms with Crippen molar-refractivity contribution >= 4 is 15.7 Å². The van der Waals surface area contributed by atoms with E-state index in [0.29, 0.717) is 19.4 Å². The van der Waals surface area contributed by atoms with Gasteiger partial charge in [0.2, 0.25) is 10.0 Å². The number of rotatable bonds is 5. The van der Waals surface area contributed by atoms with Gasteiger partial charge < -0.3 is 10.5 Å². The molecule has 116 valence electrons. The van der Waals surface area contributed by atoms with Crippen LogP contribution in [0.3, 0.4) is 0 Å². The Balaban J connectivity index is 2.52. The minimum Gasteiger partial charge on any atom is -0.497 e. The highest BCUT2D eigenvalue weighted by atomic mass is 32.2. The Labute approximate surface area is 122 Å². The number of nitro groups is 1. The maximum absolute atomic E-state index is 12.7. The predicted molar refractivity (Wildman–Crippen MR) is 75.6 cm³/mol. The Bertz CT molecular complexity index is 646. The Morgan fingerprint density at radius 1 is 1.52 bits per heavy atom. The Kier molecular flexibility index (Phi) is 4.45. The number of hydrogen-bond acceptors (Lipinski definition) is 6. The quantitative estimate of drug-likeness (QED) is 0.632. The molecule has 2 N–H and O–H groups in total. The molecule has 21 heavy (non-hydrogen) atoms. The first-order valence-electron chi connectivity index (χ1n) is 6.46. The van der Waals surface area contributed by atoms with E-state index in [2.05, 4.69) is 0 Å². The SMILES string of the molecule is COc1ccc(S(=O)(=O)N2CCCC2CN)c([N+](=O)[O-])c1. The molecule has 0 radical (unpaired) electrons. The van der Waals surface area contributed by atoms with E-state index in [9.17, 15) is 18.5 Å². The van der Waals surface area contributed by atoms with Crippen molar-refractivity contribution in [3.63, 3.8) is 0 Å². The van der Waals surface area contributed by atoms with Crippen LogP contribution in [0.4, 0.5) is 5.69 Å². The van der Waals surface area contributed by atoms with Gasteiger partial charge in [0, 0.05) is 19.1 Å². The van der Waals surface area contributed by atoms with Crippen LogP contribution in [-0.2, 0) is 10.0 Å². The van der Waals surface area contributed by atoms with Crippen molar-refractivity contribution in [3.05, 3.63) is 28.3 Å². The molecule has 1 aromatic rings. The van der Waals surface area contributed by atoms with Crippen LogP contribution >= 0.6 is 0 Å². The van der Waals surface area contributed by atoms with E-state index in [4.69, 9.17) is 10.5 Å². The molecule has 1 aliphatic rings. The lowest BCUT2D eigenvalue weighted by Gasteiger charge is -2.22. The van der Waals surface area contributed by atoms with Crippen molar-refractivity contribution in [2.45, 2.75) is 23.8 Å². The Morgan fingerprint density at radius 2 is 2.24 bits per heavy atom. The first-order valence-corrected chi connectivity index (χ1v) is 7.90. The van der Waals surface area contributed by atoms with Gasteiger partial charge in [-0.05, 0) is 25.0 Å². The van der Waals surface area contributed by atoms with Crippen molar-refractivity contribution in [3.8, 4) is 5.75 Å². The second-order valence-electron chi connectivity index (χ2n) is 4.74. The van der Waals surface area contributed by atoms with Crippen LogP contribution in [0.5, 0.6) is 5.75 Å². The van der Waals surface area contributed by atoms with Crippen LogP contribution in [0.15, 0.2) is 23.1 Å². The molecule has 2 rings (SSSR count). The van der Waals surface area contributed by atoms with Crippen LogP contribution in [-0.4, -0.2) is 43.9 Å². The van der Waals surface area contributed by atoms with Gasteiger partial charge in [0.15, 0.2) is 4.90 Å². The zero-order valence-corrected chi connectivity index (χ0v) is 12.4. The summed E-state index contributed by atoms with van der Waals surface area (Å²) >= 11 is 0. The molecule has 1 fully saturated rings. The van der Waals surface area contributed by atoms with Gasteiger partial charge in [-0.15, -0.1) is 0 Å². The molecular weight excluding hydrogens is 298 g/mol. The van der Waals surface area contributed by atoms with E-state index in [-0.39, 0.29) is 23.2 Å². The molecule has 1 atom stereocenters. The van der Waals surface area contributed by atoms with Gasteiger partial charge in [-0.3, -0.25) is 10.1 Å². The van der Waals surface area contributed by atoms with Gasteiger partial charge in [0.05, 0.1) is 18.1 Å². The molecule has 0 bridgehead atoms. The predicted octanol–water partition coefficient (Wildman–Crippen LogP) is 0.715. The summed E-state index contributed by atoms with van der Waals surface area (Å²) in [5.41, 5.74) is 5.09. The number of ether oxygens (including phenoxy) is 1. The summed E-state index contributed by atoms with van der Waals surface area (Å²) in [4.78, 5) is 10.1. The molecule has 1 heterocycles. The van der Waals surface area contributed by atoms with Crippen LogP contribution in [0.1, 0.15) is 12.8 Å². The van der Waals surface area contributed by atoms with Crippen molar-refractivity contribution in [2.24, 2.45) is 5.73 Å². The number of hydrogen-bond donors (Lipinski definition) is 1. The monoisotopic (exact) mass is 315 g/mol. The standard InChI is InChI=1S/C12H17N3O5S/c1-20-10-4-5-12(11(7-10)15(16)17)21(18,19)14-6-2-3-9(14)8-13/h4-5,7,9H,2-3,6,8,13H2,1H3. The number of nitro benzene ring substituents is 1. The second-order valence-corrected chi connectivity index (χ2v) is 6.60. The molecule has 1 aromatic carbocycles. The first kappa shape index (κ1) is 15.7. The summed E-state index contributed by atoms with van der Waals surface area (Å²) < 4.78 is 31.5. The number of benzene rings is 1. The van der Waals surface area contributed by atoms with E-state index in [1.807, 2.05) is 0 Å². The normalized spacial score (nSPS) is 19.6. The van der Waals surface area contributed by atoms with Crippen molar-refractivity contribution in [2.75, 3.05) is 20.2 Å². The van der Waals surface area contributed by atoms with Crippen molar-refractivity contribution in [1.82, 2.24) is 4.31 Å². The molecule has 9 heteroatoms. The number of nitrogens with zero attached hydrogens (tertiary/aromatic N) is 2. The van der Waals surface area contributed by atoms with Gasteiger partial charge in [-0.1, -0.05) is 0 Å². The molecule has 0 amide bonds. The third-order valence-corrected chi connectivity index (χ3v) is 5.54. The fourth-order valence-corrected chi connectivity index (χ4v) is 4.32. The van der Waals surface area contributed by atoms with E-state index >= 15 is 0 Å². The minimum atomic E-state index is -3.94. The molecule has 0 saturated carbocycles. The molecule has 0 aromatic heterocycles. The minimum absolute atomic E-state index is 0.198. The lowest BCUT2D eigenvalue weighted by molar-refractivity contribution is -0.387. The van der Waals surface area contributed by atoms with E-state index in [1.54, 1.807) is 0 Å². The fraction of sp³-hybridized carbons (Fsp3) is 0.500. The summed E-state index contributed by atoms with van der Waals surface area (Å²) in [6.45, 7) is 0.524. The van der Waals surface area contributed by atoms with Crippen LogP contribution < -0.4 is 10.5 Å². The van der Waals surface area contributed by atoms with Crippen LogP contribution in [0.25, 0.3) is 0 Å². The number of sulfonamides is 1. The molecular formula is C12H17N3O5S. The molecule has 1 aliphatic heterocycles. The lowest BCUT2D eigenvalue weighted by atomic mass is 10.2. The number of nitrogens with two attached hydrogens (primary N) is 1. The van der Waals surface area contributed by atoms with Crippen molar-refractivity contribution in [1.29, 1.82) is 0 Å². The highest BCUT2D eigenvalue weighted by Crippen LogP contribution is 2.33. The van der Waals surface area contributed by atoms with E-state index in [0.717, 1.165) is 6.07 Å². The average Bonchev–Trinajstić information content (AvgIpc) is 2.95. The van der Waals surface area contributed by atoms with Crippen LogP contribution in [0.2, 0.25) is 0 Å². The molecule has 0 spiro atoms. The maximum atomic E-state index is 12.7. The van der Waals surface area contributed by atoms with Gasteiger partial charge in [-0.2, -0.15) is 4.31 Å². The summed E-state index contributed by atoms with van der Waals surface area (Å²) in [5.74, 6) is 0.234. The van der Waals surface area contributed by atoms with E-state index in [1.165, 1.54) is 23.5 Å². The average molecular weight is 315 g/mol. The molecule has 1 unspecified atom stereocenters. The smallest absolute Gasteiger partial charge is 0.293 e. The third kappa shape index (κ3) is 2.85.